The predicted octanol–water partition coefficient (Wildman–Crippen LogP) is 1.94. The molecular weight excluding hydrogens is 152 g/mol. The van der Waals surface area contributed by atoms with Crippen LogP contribution in [0.2, 0.25) is 0 Å². The van der Waals surface area contributed by atoms with Gasteiger partial charge in [-0.2, -0.15) is 0 Å². The summed E-state index contributed by atoms with van der Waals surface area (Å²) in [5.41, 5.74) is 1.70. The van der Waals surface area contributed by atoms with E-state index >= 15 is 0 Å². The molecule has 12 heavy (non-hydrogen) atoms. The minimum absolute atomic E-state index is 0.0168. The molecule has 0 radical (unpaired) electrons. The van der Waals surface area contributed by atoms with Gasteiger partial charge in [-0.05, 0) is 18.6 Å². The molecule has 0 fully saturated rings. The second-order valence-electron chi connectivity index (χ2n) is 2.38. The van der Waals surface area contributed by atoms with E-state index in [-0.39, 0.29) is 5.90 Å². The zero-order valence-corrected chi connectivity index (χ0v) is 6.79. The van der Waals surface area contributed by atoms with Gasteiger partial charge in [0.25, 0.3) is 0 Å². The summed E-state index contributed by atoms with van der Waals surface area (Å²) in [6.07, 6.45) is 0.759. The minimum Gasteiger partial charge on any atom is -0.428 e. The Morgan fingerprint density at radius 2 is 2.08 bits per heavy atom. The maximum absolute atomic E-state index is 7.40. The van der Waals surface area contributed by atoms with Gasteiger partial charge in [0.15, 0.2) is 6.40 Å². The van der Waals surface area contributed by atoms with Gasteiger partial charge in [0.05, 0.1) is 0 Å². The summed E-state index contributed by atoms with van der Waals surface area (Å²) in [6.45, 7) is 1.90. The largest absolute Gasteiger partial charge is 0.428 e. The highest BCUT2D eigenvalue weighted by molar-refractivity contribution is 5.96. The number of rotatable bonds is 2. The molecule has 3 nitrogen and oxygen atoms in total. The fourth-order valence-electron chi connectivity index (χ4n) is 0.950. The van der Waals surface area contributed by atoms with Crippen molar-refractivity contribution in [1.82, 2.24) is 0 Å². The molecule has 0 aliphatic rings. The van der Waals surface area contributed by atoms with Crippen molar-refractivity contribution >= 4 is 12.3 Å². The highest BCUT2D eigenvalue weighted by Crippen LogP contribution is 2.07. The van der Waals surface area contributed by atoms with Crippen molar-refractivity contribution in [2.24, 2.45) is 0 Å². The van der Waals surface area contributed by atoms with Crippen molar-refractivity contribution in [3.05, 3.63) is 35.4 Å². The Hall–Kier alpha value is -1.64. The van der Waals surface area contributed by atoms with Gasteiger partial charge >= 0.3 is 0 Å². The molecule has 62 valence electrons. The molecule has 0 saturated carbocycles. The molecule has 0 atom stereocenters. The quantitative estimate of drug-likeness (QED) is 0.506. The van der Waals surface area contributed by atoms with Crippen LogP contribution in [0.1, 0.15) is 11.1 Å². The Labute approximate surface area is 71.0 Å². The van der Waals surface area contributed by atoms with Crippen LogP contribution >= 0.6 is 0 Å². The van der Waals surface area contributed by atoms with E-state index < -0.39 is 0 Å². The van der Waals surface area contributed by atoms with Crippen LogP contribution in [0.3, 0.4) is 0 Å². The molecule has 0 saturated heterocycles. The standard InChI is InChI=1S/C9H10N2O/c1-7-4-2-3-5-8(7)9(11)12-6-10/h2-6,10-11H,1H3. The van der Waals surface area contributed by atoms with Crippen molar-refractivity contribution in [2.75, 3.05) is 0 Å². The van der Waals surface area contributed by atoms with E-state index in [9.17, 15) is 0 Å². The normalized spacial score (nSPS) is 9.08. The van der Waals surface area contributed by atoms with Gasteiger partial charge < -0.3 is 4.74 Å². The van der Waals surface area contributed by atoms with E-state index in [1.807, 2.05) is 25.1 Å². The summed E-state index contributed by atoms with van der Waals surface area (Å²) >= 11 is 0. The SMILES string of the molecule is Cc1ccccc1C(=N)OC=N. The van der Waals surface area contributed by atoms with Gasteiger partial charge in [-0.3, -0.25) is 10.8 Å². The first-order valence-corrected chi connectivity index (χ1v) is 3.56. The smallest absolute Gasteiger partial charge is 0.220 e. The maximum atomic E-state index is 7.40. The van der Waals surface area contributed by atoms with Crippen LogP contribution in [0.4, 0.5) is 0 Å². The Morgan fingerprint density at radius 3 is 2.67 bits per heavy atom. The molecule has 0 heterocycles. The minimum atomic E-state index is 0.0168. The van der Waals surface area contributed by atoms with Gasteiger partial charge in [0.1, 0.15) is 0 Å². The second kappa shape index (κ2) is 3.67. The van der Waals surface area contributed by atoms with E-state index in [2.05, 4.69) is 4.74 Å². The van der Waals surface area contributed by atoms with Crippen molar-refractivity contribution in [2.45, 2.75) is 6.92 Å². The van der Waals surface area contributed by atoms with Gasteiger partial charge in [0.2, 0.25) is 5.90 Å². The monoisotopic (exact) mass is 162 g/mol. The molecule has 0 spiro atoms. The molecular formula is C9H10N2O. The number of nitrogens with one attached hydrogen (secondary N) is 2. The van der Waals surface area contributed by atoms with Crippen LogP contribution in [0.25, 0.3) is 0 Å². The highest BCUT2D eigenvalue weighted by atomic mass is 16.5. The van der Waals surface area contributed by atoms with Crippen LogP contribution < -0.4 is 0 Å². The number of aryl methyl sites for hydroxylation is 1. The van der Waals surface area contributed by atoms with Gasteiger partial charge in [-0.25, -0.2) is 0 Å². The van der Waals surface area contributed by atoms with Crippen LogP contribution in [-0.2, 0) is 4.74 Å². The first-order chi connectivity index (χ1) is 5.75. The Kier molecular flexibility index (Phi) is 2.58. The van der Waals surface area contributed by atoms with Crippen molar-refractivity contribution in [3.8, 4) is 0 Å². The Balaban J connectivity index is 2.94. The fraction of sp³-hybridized carbons (Fsp3) is 0.111. The summed E-state index contributed by atoms with van der Waals surface area (Å²) < 4.78 is 4.63. The summed E-state index contributed by atoms with van der Waals surface area (Å²) in [6, 6.07) is 7.43. The third kappa shape index (κ3) is 1.69. The van der Waals surface area contributed by atoms with Crippen molar-refractivity contribution < 1.29 is 4.74 Å². The summed E-state index contributed by atoms with van der Waals surface area (Å²) in [5, 5.41) is 14.1. The molecule has 0 bridgehead atoms. The molecule has 0 aliphatic carbocycles. The third-order valence-electron chi connectivity index (χ3n) is 1.57. The van der Waals surface area contributed by atoms with Crippen molar-refractivity contribution in [1.29, 1.82) is 10.8 Å². The predicted molar refractivity (Wildman–Crippen MR) is 47.9 cm³/mol. The molecule has 0 aliphatic heterocycles. The van der Waals surface area contributed by atoms with Crippen molar-refractivity contribution in [3.63, 3.8) is 0 Å². The molecule has 0 aromatic heterocycles. The number of ether oxygens (including phenoxy) is 1. The van der Waals surface area contributed by atoms with Gasteiger partial charge in [-0.15, -0.1) is 0 Å². The second-order valence-corrected chi connectivity index (χ2v) is 2.38. The van der Waals surface area contributed by atoms with E-state index in [0.29, 0.717) is 0 Å². The third-order valence-corrected chi connectivity index (χ3v) is 1.57. The fourth-order valence-corrected chi connectivity index (χ4v) is 0.950. The molecule has 0 amide bonds. The zero-order valence-electron chi connectivity index (χ0n) is 6.79. The lowest BCUT2D eigenvalue weighted by atomic mass is 10.1. The van der Waals surface area contributed by atoms with Crippen LogP contribution in [0.5, 0.6) is 0 Å². The molecule has 0 unspecified atom stereocenters. The summed E-state index contributed by atoms with van der Waals surface area (Å²) in [7, 11) is 0. The first kappa shape index (κ1) is 8.46. The number of hydrogen-bond acceptors (Lipinski definition) is 3. The average Bonchev–Trinajstić information content (AvgIpc) is 2.05. The number of benzene rings is 1. The summed E-state index contributed by atoms with van der Waals surface area (Å²) in [5.74, 6) is 0.0168. The lowest BCUT2D eigenvalue weighted by molar-refractivity contribution is 0.560. The van der Waals surface area contributed by atoms with Gasteiger partial charge in [0, 0.05) is 5.56 Å². The van der Waals surface area contributed by atoms with E-state index in [0.717, 1.165) is 17.5 Å². The number of hydrogen-bond donors (Lipinski definition) is 2. The molecule has 1 aromatic carbocycles. The highest BCUT2D eigenvalue weighted by Gasteiger charge is 2.03. The molecule has 1 rings (SSSR count). The maximum Gasteiger partial charge on any atom is 0.220 e. The zero-order chi connectivity index (χ0) is 8.97. The summed E-state index contributed by atoms with van der Waals surface area (Å²) in [4.78, 5) is 0. The molecule has 3 heteroatoms. The average molecular weight is 162 g/mol. The van der Waals surface area contributed by atoms with Crippen LogP contribution in [-0.4, -0.2) is 12.3 Å². The van der Waals surface area contributed by atoms with Gasteiger partial charge in [-0.1, -0.05) is 18.2 Å². The van der Waals surface area contributed by atoms with E-state index in [1.165, 1.54) is 0 Å². The lowest BCUT2D eigenvalue weighted by Crippen LogP contribution is -2.04. The Morgan fingerprint density at radius 1 is 1.42 bits per heavy atom. The molecule has 2 N–H and O–H groups in total. The van der Waals surface area contributed by atoms with E-state index in [1.54, 1.807) is 6.07 Å². The first-order valence-electron chi connectivity index (χ1n) is 3.56. The van der Waals surface area contributed by atoms with Crippen LogP contribution in [0.15, 0.2) is 24.3 Å². The van der Waals surface area contributed by atoms with Crippen LogP contribution in [0, 0.1) is 17.7 Å². The topological polar surface area (TPSA) is 56.9 Å². The molecule has 1 aromatic rings. The Bertz CT molecular complexity index is 307. The van der Waals surface area contributed by atoms with E-state index in [4.69, 9.17) is 10.8 Å². The lowest BCUT2D eigenvalue weighted by Gasteiger charge is -2.03.